The number of carbonyl (C=O) groups excluding carboxylic acids is 1. The number of benzene rings is 1. The van der Waals surface area contributed by atoms with Gasteiger partial charge in [0.25, 0.3) is 5.91 Å². The Kier molecular flexibility index (Phi) is 4.65. The Bertz CT molecular complexity index is 793. The zero-order chi connectivity index (χ0) is 18.0. The number of hydrogen-bond acceptors (Lipinski definition) is 5. The molecule has 0 radical (unpaired) electrons. The Labute approximate surface area is 144 Å². The van der Waals surface area contributed by atoms with Gasteiger partial charge in [-0.05, 0) is 43.2 Å². The standard InChI is InChI=1S/C18H19NO6/c1-23-13-5-6-14(24-2)11(9-13)10-19(12-3-4-12)17(20)15-7-8-16(25-15)18(21)22/h5-9,12H,3-4,10H2,1-2H3,(H,21,22). The number of carboxylic acids is 1. The average molecular weight is 345 g/mol. The summed E-state index contributed by atoms with van der Waals surface area (Å²) in [5.41, 5.74) is 0.812. The molecule has 7 heteroatoms. The van der Waals surface area contributed by atoms with Crippen molar-refractivity contribution in [2.45, 2.75) is 25.4 Å². The maximum absolute atomic E-state index is 12.8. The van der Waals surface area contributed by atoms with Crippen LogP contribution in [0.25, 0.3) is 0 Å². The molecule has 0 saturated heterocycles. The van der Waals surface area contributed by atoms with Crippen LogP contribution in [0.1, 0.15) is 39.5 Å². The fourth-order valence-corrected chi connectivity index (χ4v) is 2.65. The van der Waals surface area contributed by atoms with Crippen LogP contribution in [0.2, 0.25) is 0 Å². The minimum absolute atomic E-state index is 0.0196. The van der Waals surface area contributed by atoms with Crippen molar-refractivity contribution in [1.82, 2.24) is 4.90 Å². The van der Waals surface area contributed by atoms with Crippen molar-refractivity contribution in [2.24, 2.45) is 0 Å². The van der Waals surface area contributed by atoms with Crippen molar-refractivity contribution in [3.05, 3.63) is 47.4 Å². The molecule has 1 N–H and O–H groups in total. The van der Waals surface area contributed by atoms with Crippen LogP contribution in [-0.4, -0.2) is 42.1 Å². The number of nitrogens with zero attached hydrogens (tertiary/aromatic N) is 1. The minimum Gasteiger partial charge on any atom is -0.497 e. The predicted octanol–water partition coefficient (Wildman–Crippen LogP) is 2.80. The maximum atomic E-state index is 12.8. The Morgan fingerprint density at radius 2 is 1.88 bits per heavy atom. The largest absolute Gasteiger partial charge is 0.497 e. The summed E-state index contributed by atoms with van der Waals surface area (Å²) in [5, 5.41) is 8.95. The molecule has 1 fully saturated rings. The lowest BCUT2D eigenvalue weighted by atomic mass is 10.1. The van der Waals surface area contributed by atoms with Crippen molar-refractivity contribution in [3.8, 4) is 11.5 Å². The molecule has 1 saturated carbocycles. The van der Waals surface area contributed by atoms with Crippen LogP contribution in [0.5, 0.6) is 11.5 Å². The van der Waals surface area contributed by atoms with Crippen molar-refractivity contribution in [3.63, 3.8) is 0 Å². The van der Waals surface area contributed by atoms with Crippen molar-refractivity contribution < 1.29 is 28.6 Å². The molecule has 1 aliphatic rings. The third kappa shape index (κ3) is 3.60. The molecule has 1 aromatic carbocycles. The second-order valence-corrected chi connectivity index (χ2v) is 5.81. The van der Waals surface area contributed by atoms with E-state index in [-0.39, 0.29) is 23.5 Å². The van der Waals surface area contributed by atoms with Crippen LogP contribution in [0.15, 0.2) is 34.7 Å². The molecular formula is C18H19NO6. The SMILES string of the molecule is COc1ccc(OC)c(CN(C(=O)c2ccc(C(=O)O)o2)C2CC2)c1. The number of ether oxygens (including phenoxy) is 2. The summed E-state index contributed by atoms with van der Waals surface area (Å²) in [5.74, 6) is -0.439. The van der Waals surface area contributed by atoms with Gasteiger partial charge in [-0.3, -0.25) is 4.79 Å². The molecule has 0 atom stereocenters. The normalized spacial score (nSPS) is 13.4. The smallest absolute Gasteiger partial charge is 0.371 e. The van der Waals surface area contributed by atoms with Gasteiger partial charge in [-0.15, -0.1) is 0 Å². The van der Waals surface area contributed by atoms with E-state index in [1.165, 1.54) is 12.1 Å². The molecule has 7 nitrogen and oxygen atoms in total. The topological polar surface area (TPSA) is 89.2 Å². The summed E-state index contributed by atoms with van der Waals surface area (Å²) in [6.07, 6.45) is 1.81. The van der Waals surface area contributed by atoms with E-state index in [0.29, 0.717) is 18.0 Å². The first-order chi connectivity index (χ1) is 12.0. The first-order valence-electron chi connectivity index (χ1n) is 7.88. The Hall–Kier alpha value is -2.96. The van der Waals surface area contributed by atoms with Crippen LogP contribution in [0, 0.1) is 0 Å². The van der Waals surface area contributed by atoms with E-state index in [1.54, 1.807) is 31.3 Å². The molecule has 2 aromatic rings. The molecule has 25 heavy (non-hydrogen) atoms. The quantitative estimate of drug-likeness (QED) is 0.830. The van der Waals surface area contributed by atoms with Gasteiger partial charge in [0.05, 0.1) is 20.8 Å². The molecule has 0 spiro atoms. The highest BCUT2D eigenvalue weighted by molar-refractivity contribution is 5.94. The molecule has 0 aliphatic heterocycles. The molecular weight excluding hydrogens is 326 g/mol. The van der Waals surface area contributed by atoms with Gasteiger partial charge in [0, 0.05) is 11.6 Å². The lowest BCUT2D eigenvalue weighted by Gasteiger charge is -2.23. The van der Waals surface area contributed by atoms with E-state index in [0.717, 1.165) is 18.4 Å². The Morgan fingerprint density at radius 3 is 2.44 bits per heavy atom. The minimum atomic E-state index is -1.20. The van der Waals surface area contributed by atoms with E-state index in [9.17, 15) is 9.59 Å². The second-order valence-electron chi connectivity index (χ2n) is 5.81. The second kappa shape index (κ2) is 6.88. The zero-order valence-electron chi connectivity index (χ0n) is 14.0. The van der Waals surface area contributed by atoms with Crippen LogP contribution >= 0.6 is 0 Å². The number of carboxylic acid groups (broad SMARTS) is 1. The van der Waals surface area contributed by atoms with Gasteiger partial charge in [0.15, 0.2) is 5.76 Å². The van der Waals surface area contributed by atoms with Gasteiger partial charge >= 0.3 is 5.97 Å². The van der Waals surface area contributed by atoms with Gasteiger partial charge < -0.3 is 23.9 Å². The number of aromatic carboxylic acids is 1. The number of furan rings is 1. The first-order valence-corrected chi connectivity index (χ1v) is 7.88. The van der Waals surface area contributed by atoms with Gasteiger partial charge in [0.1, 0.15) is 11.5 Å². The third-order valence-electron chi connectivity index (χ3n) is 4.10. The molecule has 1 aromatic heterocycles. The average Bonchev–Trinajstić information content (AvgIpc) is 3.33. The first kappa shape index (κ1) is 16.9. The van der Waals surface area contributed by atoms with Crippen LogP contribution < -0.4 is 9.47 Å². The lowest BCUT2D eigenvalue weighted by molar-refractivity contribution is 0.0644. The highest BCUT2D eigenvalue weighted by Gasteiger charge is 2.35. The molecule has 3 rings (SSSR count). The summed E-state index contributed by atoms with van der Waals surface area (Å²) < 4.78 is 15.8. The van der Waals surface area contributed by atoms with Crippen molar-refractivity contribution >= 4 is 11.9 Å². The fourth-order valence-electron chi connectivity index (χ4n) is 2.65. The molecule has 1 amide bonds. The summed E-state index contributed by atoms with van der Waals surface area (Å²) in [6.45, 7) is 0.326. The maximum Gasteiger partial charge on any atom is 0.371 e. The summed E-state index contributed by atoms with van der Waals surface area (Å²) in [6, 6.07) is 8.20. The van der Waals surface area contributed by atoms with Crippen molar-refractivity contribution in [2.75, 3.05) is 14.2 Å². The molecule has 0 bridgehead atoms. The van der Waals surface area contributed by atoms with E-state index >= 15 is 0 Å². The van der Waals surface area contributed by atoms with Gasteiger partial charge in [0.2, 0.25) is 5.76 Å². The summed E-state index contributed by atoms with van der Waals surface area (Å²) in [7, 11) is 3.14. The van der Waals surface area contributed by atoms with Crippen LogP contribution in [0.4, 0.5) is 0 Å². The zero-order valence-corrected chi connectivity index (χ0v) is 14.0. The van der Waals surface area contributed by atoms with Crippen LogP contribution in [0.3, 0.4) is 0 Å². The van der Waals surface area contributed by atoms with E-state index in [2.05, 4.69) is 0 Å². The van der Waals surface area contributed by atoms with Gasteiger partial charge in [-0.1, -0.05) is 0 Å². The summed E-state index contributed by atoms with van der Waals surface area (Å²) in [4.78, 5) is 25.4. The molecule has 1 aliphatic carbocycles. The molecule has 0 unspecified atom stereocenters. The van der Waals surface area contributed by atoms with Crippen molar-refractivity contribution in [1.29, 1.82) is 0 Å². The van der Waals surface area contributed by atoms with Crippen LogP contribution in [-0.2, 0) is 6.54 Å². The lowest BCUT2D eigenvalue weighted by Crippen LogP contribution is -2.32. The van der Waals surface area contributed by atoms with E-state index in [4.69, 9.17) is 19.0 Å². The van der Waals surface area contributed by atoms with E-state index in [1.807, 2.05) is 6.07 Å². The fraction of sp³-hybridized carbons (Fsp3) is 0.333. The highest BCUT2D eigenvalue weighted by Crippen LogP contribution is 2.33. The number of amides is 1. The molecule has 132 valence electrons. The van der Waals surface area contributed by atoms with E-state index < -0.39 is 5.97 Å². The molecule has 1 heterocycles. The Morgan fingerprint density at radius 1 is 1.16 bits per heavy atom. The van der Waals surface area contributed by atoms with Gasteiger partial charge in [-0.25, -0.2) is 4.79 Å². The monoisotopic (exact) mass is 345 g/mol. The number of methoxy groups -OCH3 is 2. The predicted molar refractivity (Wildman–Crippen MR) is 88.1 cm³/mol. The number of rotatable bonds is 7. The summed E-state index contributed by atoms with van der Waals surface area (Å²) >= 11 is 0. The Balaban J connectivity index is 1.86. The number of carbonyl (C=O) groups is 2. The highest BCUT2D eigenvalue weighted by atomic mass is 16.5. The van der Waals surface area contributed by atoms with Gasteiger partial charge in [-0.2, -0.15) is 0 Å². The third-order valence-corrected chi connectivity index (χ3v) is 4.10. The number of hydrogen-bond donors (Lipinski definition) is 1.